The molecule has 7 nitrogen and oxygen atoms in total. The molecule has 0 saturated carbocycles. The number of aliphatic hydroxyl groups is 1. The highest BCUT2D eigenvalue weighted by molar-refractivity contribution is 8.03. The van der Waals surface area contributed by atoms with Crippen molar-refractivity contribution in [1.29, 1.82) is 0 Å². The van der Waals surface area contributed by atoms with Crippen LogP contribution in [-0.2, 0) is 20.4 Å². The van der Waals surface area contributed by atoms with E-state index in [9.17, 15) is 24.0 Å². The van der Waals surface area contributed by atoms with Gasteiger partial charge in [-0.3, -0.25) is 13.9 Å². The molecule has 0 radical (unpaired) electrons. The number of aliphatic carboxylic acids is 1. The third-order valence-corrected chi connectivity index (χ3v) is 6.01. The van der Waals surface area contributed by atoms with Crippen LogP contribution in [0.3, 0.4) is 0 Å². The molecule has 1 aromatic rings. The number of rotatable bonds is 5. The predicted octanol–water partition coefficient (Wildman–Crippen LogP) is 0.969. The number of hydrogen-bond acceptors (Lipinski definition) is 6. The molecule has 2 N–H and O–H groups in total. The van der Waals surface area contributed by atoms with Crippen molar-refractivity contribution in [3.63, 3.8) is 0 Å². The summed E-state index contributed by atoms with van der Waals surface area (Å²) in [7, 11) is -1.12. The fourth-order valence-electron chi connectivity index (χ4n) is 2.63. The Kier molecular flexibility index (Phi) is 4.41. The molecule has 1 aromatic carbocycles. The normalized spacial score (nSPS) is 25.1. The lowest BCUT2D eigenvalue weighted by atomic mass is 9.92. The van der Waals surface area contributed by atoms with Gasteiger partial charge in [0, 0.05) is 22.0 Å². The molecule has 0 spiro atoms. The summed E-state index contributed by atoms with van der Waals surface area (Å²) in [5.41, 5.74) is -0.213. The first-order chi connectivity index (χ1) is 11.3. The number of amides is 1. The number of ether oxygens (including phenoxy) is 1. The zero-order valence-electron chi connectivity index (χ0n) is 12.8. The first kappa shape index (κ1) is 17.0. The topological polar surface area (TPSA) is 104 Å². The lowest BCUT2D eigenvalue weighted by Gasteiger charge is -2.43. The van der Waals surface area contributed by atoms with Crippen LogP contribution >= 0.6 is 11.8 Å². The number of thioether (sulfide) groups is 1. The van der Waals surface area contributed by atoms with E-state index < -0.39 is 40.1 Å². The fourth-order valence-corrected chi connectivity index (χ4v) is 4.61. The van der Waals surface area contributed by atoms with E-state index >= 15 is 0 Å². The molecular weight excluding hydrogens is 354 g/mol. The zero-order valence-corrected chi connectivity index (χ0v) is 14.5. The van der Waals surface area contributed by atoms with Crippen molar-refractivity contribution in [1.82, 2.24) is 4.90 Å². The number of nitrogens with zero attached hydrogens (tertiary/aromatic N) is 1. The Bertz CT molecular complexity index is 758. The average molecular weight is 369 g/mol. The highest BCUT2D eigenvalue weighted by atomic mass is 32.2. The number of β-lactam (4-membered cyclic amide) rings is 1. The van der Waals surface area contributed by atoms with Crippen molar-refractivity contribution in [3.8, 4) is 5.75 Å². The van der Waals surface area contributed by atoms with Crippen LogP contribution < -0.4 is 4.74 Å². The molecule has 1 saturated heterocycles. The Balaban J connectivity index is 1.86. The van der Waals surface area contributed by atoms with Gasteiger partial charge in [-0.25, -0.2) is 4.79 Å². The number of aliphatic hydroxyl groups excluding tert-OH is 1. The van der Waals surface area contributed by atoms with Crippen molar-refractivity contribution in [2.45, 2.75) is 23.3 Å². The number of hydrogen-bond donors (Lipinski definition) is 2. The number of carbonyl (C=O) groups is 2. The van der Waals surface area contributed by atoms with E-state index in [1.165, 1.54) is 6.92 Å². The summed E-state index contributed by atoms with van der Waals surface area (Å²) in [5, 5.41) is 18.7. The van der Waals surface area contributed by atoms with Crippen LogP contribution in [0.15, 0.2) is 39.9 Å². The number of carboxylic acids is 1. The molecular formula is C15H15NO6S2. The van der Waals surface area contributed by atoms with Gasteiger partial charge in [-0.2, -0.15) is 0 Å². The van der Waals surface area contributed by atoms with E-state index in [0.29, 0.717) is 10.6 Å². The minimum Gasteiger partial charge on any atom is -0.476 e. The summed E-state index contributed by atoms with van der Waals surface area (Å²) in [6.45, 7) is 1.50. The summed E-state index contributed by atoms with van der Waals surface area (Å²) >= 11 is 1.10. The van der Waals surface area contributed by atoms with Gasteiger partial charge >= 0.3 is 5.97 Å². The molecule has 2 aliphatic heterocycles. The summed E-state index contributed by atoms with van der Waals surface area (Å²) in [6, 6.07) is 6.44. The molecule has 0 bridgehead atoms. The second kappa shape index (κ2) is 6.23. The van der Waals surface area contributed by atoms with Crippen LogP contribution in [0.2, 0.25) is 0 Å². The van der Waals surface area contributed by atoms with E-state index in [4.69, 9.17) is 4.74 Å². The number of benzene rings is 1. The first-order valence-electron chi connectivity index (χ1n) is 7.08. The second-order valence-corrected chi connectivity index (χ2v) is 7.92. The van der Waals surface area contributed by atoms with Gasteiger partial charge in [0.2, 0.25) is 5.91 Å². The van der Waals surface area contributed by atoms with Gasteiger partial charge in [-0.1, -0.05) is 11.8 Å². The van der Waals surface area contributed by atoms with Crippen LogP contribution in [0.1, 0.15) is 6.92 Å². The van der Waals surface area contributed by atoms with Gasteiger partial charge in [0.1, 0.15) is 11.1 Å². The van der Waals surface area contributed by atoms with Crippen LogP contribution in [-0.4, -0.2) is 48.9 Å². The SMILES string of the molecule is CC(O)[C@H]1C(=O)N2C(C(=O)O)=C(Oc3ccc(S(C)=O)cc3)S[C@H]12. The van der Waals surface area contributed by atoms with Crippen LogP contribution in [0.4, 0.5) is 0 Å². The van der Waals surface area contributed by atoms with Gasteiger partial charge in [0.15, 0.2) is 10.8 Å². The summed E-state index contributed by atoms with van der Waals surface area (Å²) in [6.07, 6.45) is 0.694. The second-order valence-electron chi connectivity index (χ2n) is 5.45. The minimum atomic E-state index is -1.26. The Morgan fingerprint density at radius 1 is 1.38 bits per heavy atom. The maximum Gasteiger partial charge on any atom is 0.357 e. The molecule has 1 fully saturated rings. The Morgan fingerprint density at radius 2 is 2.00 bits per heavy atom. The third kappa shape index (κ3) is 2.72. The van der Waals surface area contributed by atoms with Gasteiger partial charge in [-0.05, 0) is 31.2 Å². The maximum absolute atomic E-state index is 12.1. The Labute approximate surface area is 144 Å². The highest BCUT2D eigenvalue weighted by Crippen LogP contribution is 2.50. The van der Waals surface area contributed by atoms with E-state index in [2.05, 4.69) is 0 Å². The van der Waals surface area contributed by atoms with Gasteiger partial charge in [-0.15, -0.1) is 0 Å². The Hall–Kier alpha value is -1.84. The largest absolute Gasteiger partial charge is 0.476 e. The van der Waals surface area contributed by atoms with Crippen molar-refractivity contribution < 1.29 is 28.7 Å². The number of fused-ring (bicyclic) bond motifs is 1. The first-order valence-corrected chi connectivity index (χ1v) is 9.51. The van der Waals surface area contributed by atoms with Crippen molar-refractivity contribution in [2.75, 3.05) is 6.26 Å². The minimum absolute atomic E-state index is 0.106. The van der Waals surface area contributed by atoms with Gasteiger partial charge < -0.3 is 14.9 Å². The van der Waals surface area contributed by atoms with E-state index in [-0.39, 0.29) is 10.8 Å². The zero-order chi connectivity index (χ0) is 17.6. The molecule has 9 heteroatoms. The number of carbonyl (C=O) groups excluding carboxylic acids is 1. The van der Waals surface area contributed by atoms with Crippen molar-refractivity contribution in [2.24, 2.45) is 5.92 Å². The molecule has 24 heavy (non-hydrogen) atoms. The molecule has 3 rings (SSSR count). The lowest BCUT2D eigenvalue weighted by molar-refractivity contribution is -0.156. The standard InChI is InChI=1S/C15H15NO6S2/c1-7(17)10-12(18)16-11(14(19)20)15(23-13(10)16)22-8-3-5-9(6-4-8)24(2)21/h3-7,10,13,17H,1-2H3,(H,19,20)/t7?,10-,13+,24?/m0/s1. The fraction of sp³-hybridized carbons (Fsp3) is 0.333. The average Bonchev–Trinajstić information content (AvgIpc) is 2.81. The molecule has 2 unspecified atom stereocenters. The summed E-state index contributed by atoms with van der Waals surface area (Å²) in [5.74, 6) is -1.94. The molecule has 0 aliphatic carbocycles. The monoisotopic (exact) mass is 369 g/mol. The third-order valence-electron chi connectivity index (χ3n) is 3.83. The van der Waals surface area contributed by atoms with Gasteiger partial charge in [0.25, 0.3) is 0 Å². The quantitative estimate of drug-likeness (QED) is 0.745. The predicted molar refractivity (Wildman–Crippen MR) is 87.5 cm³/mol. The molecule has 128 valence electrons. The van der Waals surface area contributed by atoms with Crippen molar-refractivity contribution in [3.05, 3.63) is 35.1 Å². The highest BCUT2D eigenvalue weighted by Gasteiger charge is 2.58. The van der Waals surface area contributed by atoms with E-state index in [1.54, 1.807) is 30.5 Å². The van der Waals surface area contributed by atoms with E-state index in [1.807, 2.05) is 0 Å². The molecule has 0 aromatic heterocycles. The van der Waals surface area contributed by atoms with Crippen molar-refractivity contribution >= 4 is 34.4 Å². The summed E-state index contributed by atoms with van der Waals surface area (Å²) < 4.78 is 17.0. The molecule has 4 atom stereocenters. The van der Waals surface area contributed by atoms with Gasteiger partial charge in [0.05, 0.1) is 12.0 Å². The molecule has 2 heterocycles. The van der Waals surface area contributed by atoms with Crippen LogP contribution in [0.5, 0.6) is 5.75 Å². The Morgan fingerprint density at radius 3 is 2.50 bits per heavy atom. The summed E-state index contributed by atoms with van der Waals surface area (Å²) in [4.78, 5) is 25.4. The lowest BCUT2D eigenvalue weighted by Crippen LogP contribution is -2.60. The number of carboxylic acid groups (broad SMARTS) is 1. The van der Waals surface area contributed by atoms with Crippen LogP contribution in [0.25, 0.3) is 0 Å². The molecule has 1 amide bonds. The maximum atomic E-state index is 12.1. The van der Waals surface area contributed by atoms with E-state index in [0.717, 1.165) is 16.7 Å². The smallest absolute Gasteiger partial charge is 0.357 e. The van der Waals surface area contributed by atoms with Crippen LogP contribution in [0, 0.1) is 5.92 Å². The molecule has 2 aliphatic rings.